The van der Waals surface area contributed by atoms with Crippen LogP contribution in [0.25, 0.3) is 0 Å². The molecule has 1 aromatic rings. The average molecular weight is 301 g/mol. The third kappa shape index (κ3) is 3.87. The van der Waals surface area contributed by atoms with Crippen LogP contribution in [0.4, 0.5) is 0 Å². The zero-order chi connectivity index (χ0) is 15.5. The van der Waals surface area contributed by atoms with E-state index in [1.807, 2.05) is 6.07 Å². The first kappa shape index (κ1) is 15.5. The molecule has 1 N–H and O–H groups in total. The lowest BCUT2D eigenvalue weighted by atomic mass is 9.89. The number of aryl methyl sites for hydroxylation is 1. The highest BCUT2D eigenvalue weighted by atomic mass is 16.2. The Labute approximate surface area is 133 Å². The maximum Gasteiger partial charge on any atom is 0.234 e. The van der Waals surface area contributed by atoms with Crippen LogP contribution in [0.5, 0.6) is 0 Å². The molecule has 0 bridgehead atoms. The van der Waals surface area contributed by atoms with Crippen molar-refractivity contribution in [1.29, 1.82) is 0 Å². The van der Waals surface area contributed by atoms with Gasteiger partial charge in [0.1, 0.15) is 0 Å². The number of nitrogens with one attached hydrogen (secondary N) is 1. The monoisotopic (exact) mass is 301 g/mol. The first-order valence-corrected chi connectivity index (χ1v) is 8.33. The van der Waals surface area contributed by atoms with Crippen LogP contribution in [0.1, 0.15) is 17.5 Å². The Balaban J connectivity index is 1.44. The lowest BCUT2D eigenvalue weighted by molar-refractivity contribution is -0.122. The molecule has 0 spiro atoms. The van der Waals surface area contributed by atoms with E-state index in [1.54, 1.807) is 0 Å². The number of piperidine rings is 1. The number of hydrogen-bond acceptors (Lipinski definition) is 3. The second kappa shape index (κ2) is 6.80. The SMILES string of the molecule is Cc1cccc(CNC(=O)CN2C[C@H]3CN(C)CC[C@H]3C2)c1. The lowest BCUT2D eigenvalue weighted by Crippen LogP contribution is -2.37. The molecule has 0 saturated carbocycles. The average Bonchev–Trinajstić information content (AvgIpc) is 2.86. The molecule has 0 radical (unpaired) electrons. The number of rotatable bonds is 4. The van der Waals surface area contributed by atoms with Gasteiger partial charge >= 0.3 is 0 Å². The molecule has 2 fully saturated rings. The van der Waals surface area contributed by atoms with Gasteiger partial charge in [-0.3, -0.25) is 9.69 Å². The predicted octanol–water partition coefficient (Wildman–Crippen LogP) is 1.49. The van der Waals surface area contributed by atoms with Crippen molar-refractivity contribution in [1.82, 2.24) is 15.1 Å². The summed E-state index contributed by atoms with van der Waals surface area (Å²) in [5.74, 6) is 1.69. The van der Waals surface area contributed by atoms with Crippen molar-refractivity contribution in [2.24, 2.45) is 11.8 Å². The number of nitrogens with zero attached hydrogens (tertiary/aromatic N) is 2. The van der Waals surface area contributed by atoms with E-state index in [1.165, 1.54) is 30.6 Å². The fourth-order valence-corrected chi connectivity index (χ4v) is 3.86. The van der Waals surface area contributed by atoms with Crippen LogP contribution < -0.4 is 5.32 Å². The van der Waals surface area contributed by atoms with Crippen LogP contribution in [0.3, 0.4) is 0 Å². The number of likely N-dealkylation sites (tertiary alicyclic amines) is 2. The van der Waals surface area contributed by atoms with Crippen LogP contribution in [0.15, 0.2) is 24.3 Å². The topological polar surface area (TPSA) is 35.6 Å². The Morgan fingerprint density at radius 1 is 1.27 bits per heavy atom. The normalized spacial score (nSPS) is 25.9. The Morgan fingerprint density at radius 2 is 2.09 bits per heavy atom. The molecule has 2 aliphatic heterocycles. The van der Waals surface area contributed by atoms with E-state index in [9.17, 15) is 4.79 Å². The maximum atomic E-state index is 12.2. The van der Waals surface area contributed by atoms with Gasteiger partial charge < -0.3 is 10.2 Å². The summed E-state index contributed by atoms with van der Waals surface area (Å²) in [7, 11) is 2.20. The number of fused-ring (bicyclic) bond motifs is 1. The summed E-state index contributed by atoms with van der Waals surface area (Å²) in [5, 5.41) is 3.05. The van der Waals surface area contributed by atoms with E-state index in [0.29, 0.717) is 13.1 Å². The number of amides is 1. The zero-order valence-corrected chi connectivity index (χ0v) is 13.7. The minimum absolute atomic E-state index is 0.147. The molecule has 3 rings (SSSR count). The minimum Gasteiger partial charge on any atom is -0.351 e. The largest absolute Gasteiger partial charge is 0.351 e. The third-order valence-electron chi connectivity index (χ3n) is 5.02. The molecular formula is C18H27N3O. The van der Waals surface area contributed by atoms with E-state index in [-0.39, 0.29) is 5.91 Å². The highest BCUT2D eigenvalue weighted by Crippen LogP contribution is 2.30. The van der Waals surface area contributed by atoms with Crippen molar-refractivity contribution in [2.45, 2.75) is 19.9 Å². The van der Waals surface area contributed by atoms with Gasteiger partial charge in [-0.25, -0.2) is 0 Å². The van der Waals surface area contributed by atoms with Crippen molar-refractivity contribution in [2.75, 3.05) is 39.8 Å². The van der Waals surface area contributed by atoms with Crippen LogP contribution in [0, 0.1) is 18.8 Å². The second-order valence-electron chi connectivity index (χ2n) is 7.03. The summed E-state index contributed by atoms with van der Waals surface area (Å²) >= 11 is 0. The van der Waals surface area contributed by atoms with Crippen molar-refractivity contribution in [3.63, 3.8) is 0 Å². The smallest absolute Gasteiger partial charge is 0.234 e. The minimum atomic E-state index is 0.147. The van der Waals surface area contributed by atoms with Gasteiger partial charge in [0, 0.05) is 26.2 Å². The van der Waals surface area contributed by atoms with E-state index in [2.05, 4.69) is 47.3 Å². The summed E-state index contributed by atoms with van der Waals surface area (Å²) in [4.78, 5) is 16.9. The fraction of sp³-hybridized carbons (Fsp3) is 0.611. The van der Waals surface area contributed by atoms with Crippen LogP contribution in [-0.2, 0) is 11.3 Å². The van der Waals surface area contributed by atoms with Crippen molar-refractivity contribution in [3.05, 3.63) is 35.4 Å². The number of carbonyl (C=O) groups is 1. The van der Waals surface area contributed by atoms with Crippen molar-refractivity contribution >= 4 is 5.91 Å². The van der Waals surface area contributed by atoms with Gasteiger partial charge in [-0.05, 0) is 44.3 Å². The summed E-state index contributed by atoms with van der Waals surface area (Å²) in [6, 6.07) is 8.31. The third-order valence-corrected chi connectivity index (χ3v) is 5.02. The molecule has 1 amide bonds. The molecule has 4 nitrogen and oxygen atoms in total. The van der Waals surface area contributed by atoms with Gasteiger partial charge in [-0.15, -0.1) is 0 Å². The molecule has 0 aliphatic carbocycles. The first-order valence-electron chi connectivity index (χ1n) is 8.33. The maximum absolute atomic E-state index is 12.2. The number of benzene rings is 1. The fourth-order valence-electron chi connectivity index (χ4n) is 3.86. The molecule has 22 heavy (non-hydrogen) atoms. The van der Waals surface area contributed by atoms with Crippen molar-refractivity contribution < 1.29 is 4.79 Å². The Morgan fingerprint density at radius 3 is 2.91 bits per heavy atom. The van der Waals surface area contributed by atoms with Gasteiger partial charge in [0.05, 0.1) is 6.54 Å². The van der Waals surface area contributed by atoms with Crippen molar-refractivity contribution in [3.8, 4) is 0 Å². The lowest BCUT2D eigenvalue weighted by Gasteiger charge is -2.31. The Kier molecular flexibility index (Phi) is 4.79. The highest BCUT2D eigenvalue weighted by Gasteiger charge is 2.36. The molecule has 120 valence electrons. The summed E-state index contributed by atoms with van der Waals surface area (Å²) < 4.78 is 0. The Hall–Kier alpha value is -1.39. The van der Waals surface area contributed by atoms with Gasteiger partial charge in [0.2, 0.25) is 5.91 Å². The molecule has 2 atom stereocenters. The standard InChI is InChI=1S/C18H27N3O/c1-14-4-3-5-15(8-14)9-19-18(22)13-21-11-16-6-7-20(2)10-17(16)12-21/h3-5,8,16-17H,6-7,9-13H2,1-2H3,(H,19,22)/t16-,17+/m0/s1. The number of hydrogen-bond donors (Lipinski definition) is 1. The molecular weight excluding hydrogens is 274 g/mol. The summed E-state index contributed by atoms with van der Waals surface area (Å²) in [6.07, 6.45) is 1.28. The van der Waals surface area contributed by atoms with Gasteiger partial charge in [0.15, 0.2) is 0 Å². The predicted molar refractivity (Wildman–Crippen MR) is 88.6 cm³/mol. The summed E-state index contributed by atoms with van der Waals surface area (Å²) in [5.41, 5.74) is 2.41. The Bertz CT molecular complexity index is 531. The molecule has 2 aliphatic rings. The van der Waals surface area contributed by atoms with Crippen LogP contribution in [-0.4, -0.2) is 55.5 Å². The quantitative estimate of drug-likeness (QED) is 0.915. The molecule has 4 heteroatoms. The number of carbonyl (C=O) groups excluding carboxylic acids is 1. The molecule has 1 aromatic carbocycles. The van der Waals surface area contributed by atoms with E-state index in [0.717, 1.165) is 24.9 Å². The molecule has 2 heterocycles. The zero-order valence-electron chi connectivity index (χ0n) is 13.7. The highest BCUT2D eigenvalue weighted by molar-refractivity contribution is 5.78. The summed E-state index contributed by atoms with van der Waals surface area (Å²) in [6.45, 7) is 7.81. The van der Waals surface area contributed by atoms with Crippen LogP contribution in [0.2, 0.25) is 0 Å². The molecule has 0 aromatic heterocycles. The first-order chi connectivity index (χ1) is 10.6. The molecule has 2 saturated heterocycles. The van der Waals surface area contributed by atoms with Gasteiger partial charge in [-0.1, -0.05) is 29.8 Å². The van der Waals surface area contributed by atoms with E-state index in [4.69, 9.17) is 0 Å². The van der Waals surface area contributed by atoms with Gasteiger partial charge in [-0.2, -0.15) is 0 Å². The van der Waals surface area contributed by atoms with Crippen LogP contribution >= 0.6 is 0 Å². The molecule has 0 unspecified atom stereocenters. The van der Waals surface area contributed by atoms with E-state index < -0.39 is 0 Å². The second-order valence-corrected chi connectivity index (χ2v) is 7.03. The van der Waals surface area contributed by atoms with E-state index >= 15 is 0 Å². The van der Waals surface area contributed by atoms with Gasteiger partial charge in [0.25, 0.3) is 0 Å².